The van der Waals surface area contributed by atoms with Gasteiger partial charge in [-0.15, -0.1) is 0 Å². The van der Waals surface area contributed by atoms with E-state index in [1.165, 1.54) is 17.1 Å². The number of hydrogen-bond donors (Lipinski definition) is 0. The van der Waals surface area contributed by atoms with E-state index in [2.05, 4.69) is 11.9 Å². The third kappa shape index (κ3) is 3.47. The number of carbonyl (C=O) groups excluding carboxylic acids is 1. The van der Waals surface area contributed by atoms with Crippen molar-refractivity contribution in [2.24, 2.45) is 5.92 Å². The number of hydrogen-bond acceptors (Lipinski definition) is 4. The molecule has 1 amide bonds. The predicted octanol–water partition coefficient (Wildman–Crippen LogP) is 0.202. The van der Waals surface area contributed by atoms with Gasteiger partial charge in [-0.25, -0.2) is 0 Å². The van der Waals surface area contributed by atoms with Gasteiger partial charge in [0, 0.05) is 58.8 Å². The molecule has 1 saturated carbocycles. The smallest absolute Gasteiger partial charge is 0.281 e. The normalized spacial score (nSPS) is 31.0. The van der Waals surface area contributed by atoms with Crippen molar-refractivity contribution in [1.82, 2.24) is 18.4 Å². The predicted molar refractivity (Wildman–Crippen MR) is 92.7 cm³/mol. The highest BCUT2D eigenvalue weighted by Crippen LogP contribution is 2.35. The standard InChI is InChI=1S/C16H30N4O3S/c1-17(2)24(22,23)20-11-10-18(3)16(13-20)7-6-15(21)19(9-8-16)12-14-4-5-14/h14H,4-13H2,1-3H3/t16-/m0/s1. The minimum atomic E-state index is -3.41. The van der Waals surface area contributed by atoms with Crippen LogP contribution in [0.25, 0.3) is 0 Å². The largest absolute Gasteiger partial charge is 0.342 e. The molecule has 8 heteroatoms. The fourth-order valence-corrected chi connectivity index (χ4v) is 5.07. The zero-order valence-electron chi connectivity index (χ0n) is 15.1. The number of rotatable bonds is 4. The molecule has 7 nitrogen and oxygen atoms in total. The summed E-state index contributed by atoms with van der Waals surface area (Å²) in [5.74, 6) is 0.928. The summed E-state index contributed by atoms with van der Waals surface area (Å²) in [5.41, 5.74) is -0.227. The van der Waals surface area contributed by atoms with E-state index in [-0.39, 0.29) is 11.4 Å². The molecule has 2 saturated heterocycles. The summed E-state index contributed by atoms with van der Waals surface area (Å²) in [5, 5.41) is 0. The Balaban J connectivity index is 1.75. The maximum atomic E-state index is 12.5. The summed E-state index contributed by atoms with van der Waals surface area (Å²) in [6.45, 7) is 3.34. The number of likely N-dealkylation sites (N-methyl/N-ethyl adjacent to an activating group) is 1. The minimum Gasteiger partial charge on any atom is -0.342 e. The second-order valence-corrected chi connectivity index (χ2v) is 9.95. The zero-order chi connectivity index (χ0) is 17.5. The summed E-state index contributed by atoms with van der Waals surface area (Å²) < 4.78 is 28.0. The first-order valence-corrected chi connectivity index (χ1v) is 10.3. The van der Waals surface area contributed by atoms with Crippen molar-refractivity contribution in [3.05, 3.63) is 0 Å². The number of amides is 1. The molecule has 2 aliphatic heterocycles. The van der Waals surface area contributed by atoms with Gasteiger partial charge in [-0.3, -0.25) is 9.69 Å². The summed E-state index contributed by atoms with van der Waals surface area (Å²) in [7, 11) is 1.82. The number of nitrogens with zero attached hydrogens (tertiary/aromatic N) is 4. The fraction of sp³-hybridized carbons (Fsp3) is 0.938. The van der Waals surface area contributed by atoms with E-state index < -0.39 is 10.2 Å². The molecule has 1 aliphatic carbocycles. The molecule has 1 spiro atoms. The van der Waals surface area contributed by atoms with Crippen molar-refractivity contribution in [2.75, 3.05) is 53.9 Å². The molecular weight excluding hydrogens is 328 g/mol. The summed E-state index contributed by atoms with van der Waals surface area (Å²) in [4.78, 5) is 16.8. The Morgan fingerprint density at radius 1 is 1.17 bits per heavy atom. The second-order valence-electron chi connectivity index (χ2n) is 7.80. The highest BCUT2D eigenvalue weighted by atomic mass is 32.2. The summed E-state index contributed by atoms with van der Waals surface area (Å²) in [6.07, 6.45) is 4.59. The quantitative estimate of drug-likeness (QED) is 0.720. The first-order valence-electron chi connectivity index (χ1n) is 8.91. The van der Waals surface area contributed by atoms with E-state index >= 15 is 0 Å². The van der Waals surface area contributed by atoms with Gasteiger partial charge in [0.05, 0.1) is 0 Å². The molecule has 3 aliphatic rings. The van der Waals surface area contributed by atoms with Crippen LogP contribution < -0.4 is 0 Å². The Labute approximate surface area is 145 Å². The molecule has 3 fully saturated rings. The molecule has 0 unspecified atom stereocenters. The second kappa shape index (κ2) is 6.55. The van der Waals surface area contributed by atoms with Crippen LogP contribution in [0.1, 0.15) is 32.1 Å². The average molecular weight is 359 g/mol. The lowest BCUT2D eigenvalue weighted by atomic mass is 9.87. The zero-order valence-corrected chi connectivity index (χ0v) is 15.9. The molecule has 0 aromatic heterocycles. The molecule has 0 radical (unpaired) electrons. The van der Waals surface area contributed by atoms with Crippen LogP contribution in [-0.2, 0) is 15.0 Å². The Morgan fingerprint density at radius 3 is 2.50 bits per heavy atom. The molecule has 0 aromatic carbocycles. The minimum absolute atomic E-state index is 0.227. The molecule has 0 bridgehead atoms. The molecular formula is C16H30N4O3S. The van der Waals surface area contributed by atoms with E-state index in [1.54, 1.807) is 18.4 Å². The Kier molecular flexibility index (Phi) is 4.94. The van der Waals surface area contributed by atoms with Crippen LogP contribution in [-0.4, -0.2) is 92.1 Å². The highest BCUT2D eigenvalue weighted by Gasteiger charge is 2.45. The van der Waals surface area contributed by atoms with E-state index in [1.807, 2.05) is 4.90 Å². The van der Waals surface area contributed by atoms with Gasteiger partial charge in [0.15, 0.2) is 0 Å². The number of piperazine rings is 1. The lowest BCUT2D eigenvalue weighted by Gasteiger charge is -2.49. The Hall–Kier alpha value is -0.700. The molecule has 1 atom stereocenters. The fourth-order valence-electron chi connectivity index (χ4n) is 3.89. The van der Waals surface area contributed by atoms with Crippen LogP contribution in [0.5, 0.6) is 0 Å². The molecule has 138 valence electrons. The van der Waals surface area contributed by atoms with Crippen LogP contribution in [0.3, 0.4) is 0 Å². The first-order chi connectivity index (χ1) is 11.2. The number of likely N-dealkylation sites (tertiary alicyclic amines) is 1. The average Bonchev–Trinajstić information content (AvgIpc) is 3.35. The molecule has 0 aromatic rings. The molecule has 2 heterocycles. The van der Waals surface area contributed by atoms with Crippen molar-refractivity contribution >= 4 is 16.1 Å². The van der Waals surface area contributed by atoms with Crippen LogP contribution in [0, 0.1) is 5.92 Å². The third-order valence-electron chi connectivity index (χ3n) is 5.93. The molecule has 3 rings (SSSR count). The summed E-state index contributed by atoms with van der Waals surface area (Å²) >= 11 is 0. The van der Waals surface area contributed by atoms with Crippen molar-refractivity contribution in [3.8, 4) is 0 Å². The van der Waals surface area contributed by atoms with E-state index in [4.69, 9.17) is 0 Å². The topological polar surface area (TPSA) is 64.2 Å². The van der Waals surface area contributed by atoms with Crippen molar-refractivity contribution in [2.45, 2.75) is 37.6 Å². The van der Waals surface area contributed by atoms with Crippen molar-refractivity contribution in [1.29, 1.82) is 0 Å². The Morgan fingerprint density at radius 2 is 1.88 bits per heavy atom. The molecule has 0 N–H and O–H groups in total. The lowest BCUT2D eigenvalue weighted by Crippen LogP contribution is -2.63. The van der Waals surface area contributed by atoms with Gasteiger partial charge in [0.25, 0.3) is 10.2 Å². The van der Waals surface area contributed by atoms with Crippen LogP contribution in [0.4, 0.5) is 0 Å². The van der Waals surface area contributed by atoms with Gasteiger partial charge >= 0.3 is 0 Å². The van der Waals surface area contributed by atoms with Gasteiger partial charge in [-0.2, -0.15) is 17.0 Å². The maximum absolute atomic E-state index is 12.5. The van der Waals surface area contributed by atoms with Gasteiger partial charge < -0.3 is 4.90 Å². The van der Waals surface area contributed by atoms with E-state index in [0.717, 1.165) is 25.9 Å². The van der Waals surface area contributed by atoms with Gasteiger partial charge in [-0.05, 0) is 38.6 Å². The summed E-state index contributed by atoms with van der Waals surface area (Å²) in [6, 6.07) is 0. The van der Waals surface area contributed by atoms with E-state index in [0.29, 0.717) is 32.0 Å². The maximum Gasteiger partial charge on any atom is 0.281 e. The van der Waals surface area contributed by atoms with Crippen LogP contribution >= 0.6 is 0 Å². The monoisotopic (exact) mass is 358 g/mol. The van der Waals surface area contributed by atoms with Crippen molar-refractivity contribution in [3.63, 3.8) is 0 Å². The Bertz CT molecular complexity index is 590. The van der Waals surface area contributed by atoms with Crippen LogP contribution in [0.2, 0.25) is 0 Å². The van der Waals surface area contributed by atoms with Gasteiger partial charge in [-0.1, -0.05) is 0 Å². The number of carbonyl (C=O) groups is 1. The SMILES string of the molecule is CN1CCN(S(=O)(=O)N(C)C)C[C@@]12CCC(=O)N(CC1CC1)CC2. The third-order valence-corrected chi connectivity index (χ3v) is 7.82. The molecule has 24 heavy (non-hydrogen) atoms. The van der Waals surface area contributed by atoms with Gasteiger partial charge in [0.1, 0.15) is 0 Å². The lowest BCUT2D eigenvalue weighted by molar-refractivity contribution is -0.130. The van der Waals surface area contributed by atoms with E-state index in [9.17, 15) is 13.2 Å². The highest BCUT2D eigenvalue weighted by molar-refractivity contribution is 7.86. The van der Waals surface area contributed by atoms with Crippen LogP contribution in [0.15, 0.2) is 0 Å². The van der Waals surface area contributed by atoms with Crippen molar-refractivity contribution < 1.29 is 13.2 Å². The first kappa shape index (κ1) is 18.1. The van der Waals surface area contributed by atoms with Gasteiger partial charge in [0.2, 0.25) is 5.91 Å².